The van der Waals surface area contributed by atoms with Crippen LogP contribution in [0, 0.1) is 5.41 Å². The molecule has 86 valence electrons. The first-order chi connectivity index (χ1) is 7.62. The molecule has 0 aromatic heterocycles. The number of rotatable bonds is 5. The van der Waals surface area contributed by atoms with Gasteiger partial charge in [-0.25, -0.2) is 0 Å². The van der Waals surface area contributed by atoms with Crippen LogP contribution >= 0.6 is 0 Å². The Morgan fingerprint density at radius 1 is 1.38 bits per heavy atom. The van der Waals surface area contributed by atoms with Gasteiger partial charge in [-0.15, -0.1) is 6.58 Å². The Bertz CT molecular complexity index is 353. The molecule has 2 atom stereocenters. The van der Waals surface area contributed by atoms with E-state index in [1.165, 1.54) is 0 Å². The second-order valence-electron chi connectivity index (χ2n) is 4.28. The summed E-state index contributed by atoms with van der Waals surface area (Å²) in [5.74, 6) is 0. The highest BCUT2D eigenvalue weighted by atomic mass is 16.3. The van der Waals surface area contributed by atoms with Crippen molar-refractivity contribution in [1.29, 1.82) is 0 Å². The average Bonchev–Trinajstić information content (AvgIpc) is 2.36. The lowest BCUT2D eigenvalue weighted by molar-refractivity contribution is 0.111. The molecule has 0 radical (unpaired) electrons. The Balaban J connectivity index is 2.74. The Kier molecular flexibility index (Phi) is 4.51. The third kappa shape index (κ3) is 3.07. The van der Waals surface area contributed by atoms with Gasteiger partial charge in [0.2, 0.25) is 0 Å². The van der Waals surface area contributed by atoms with E-state index in [0.717, 1.165) is 12.0 Å². The van der Waals surface area contributed by atoms with Crippen molar-refractivity contribution in [2.45, 2.75) is 26.4 Å². The van der Waals surface area contributed by atoms with Crippen molar-refractivity contribution in [1.82, 2.24) is 0 Å². The maximum atomic E-state index is 10.1. The molecular formula is C15H20O. The quantitative estimate of drug-likeness (QED) is 0.745. The standard InChI is InChI=1S/C15H20O/c1-4-15(3,5-2)14(16)12-11-13-9-7-6-8-10-13/h4,6-12,14,16H,1,5H2,2-3H3/b12-11+/t14-,15+/m0/s1. The smallest absolute Gasteiger partial charge is 0.0811 e. The molecule has 1 heteroatoms. The zero-order chi connectivity index (χ0) is 12.0. The van der Waals surface area contributed by atoms with Crippen molar-refractivity contribution in [3.8, 4) is 0 Å². The van der Waals surface area contributed by atoms with Gasteiger partial charge in [0.1, 0.15) is 0 Å². The van der Waals surface area contributed by atoms with E-state index in [9.17, 15) is 5.11 Å². The van der Waals surface area contributed by atoms with Crippen LogP contribution in [-0.2, 0) is 0 Å². The summed E-state index contributed by atoms with van der Waals surface area (Å²) in [6.45, 7) is 7.86. The molecule has 0 bridgehead atoms. The normalized spacial score (nSPS) is 16.9. The number of hydrogen-bond donors (Lipinski definition) is 1. The average molecular weight is 216 g/mol. The molecule has 0 amide bonds. The predicted octanol–water partition coefficient (Wildman–Crippen LogP) is 3.66. The highest BCUT2D eigenvalue weighted by molar-refractivity contribution is 5.49. The van der Waals surface area contributed by atoms with E-state index >= 15 is 0 Å². The minimum Gasteiger partial charge on any atom is -0.388 e. The van der Waals surface area contributed by atoms with Crippen LogP contribution in [0.15, 0.2) is 49.1 Å². The van der Waals surface area contributed by atoms with Gasteiger partial charge in [-0.2, -0.15) is 0 Å². The molecule has 0 aliphatic rings. The van der Waals surface area contributed by atoms with Crippen molar-refractivity contribution in [3.63, 3.8) is 0 Å². The minimum atomic E-state index is -0.491. The van der Waals surface area contributed by atoms with Crippen molar-refractivity contribution in [2.24, 2.45) is 5.41 Å². The zero-order valence-corrected chi connectivity index (χ0v) is 10.1. The van der Waals surface area contributed by atoms with Gasteiger partial charge in [0.25, 0.3) is 0 Å². The third-order valence-corrected chi connectivity index (χ3v) is 3.17. The molecule has 0 fully saturated rings. The number of aliphatic hydroxyl groups is 1. The lowest BCUT2D eigenvalue weighted by Crippen LogP contribution is -2.27. The van der Waals surface area contributed by atoms with Gasteiger partial charge >= 0.3 is 0 Å². The summed E-state index contributed by atoms with van der Waals surface area (Å²) in [6, 6.07) is 9.98. The van der Waals surface area contributed by atoms with Gasteiger partial charge in [0.05, 0.1) is 6.10 Å². The summed E-state index contributed by atoms with van der Waals surface area (Å²) < 4.78 is 0. The molecule has 0 saturated carbocycles. The molecule has 1 N–H and O–H groups in total. The van der Waals surface area contributed by atoms with Crippen molar-refractivity contribution in [2.75, 3.05) is 0 Å². The van der Waals surface area contributed by atoms with Crippen molar-refractivity contribution < 1.29 is 5.11 Å². The van der Waals surface area contributed by atoms with E-state index in [1.54, 1.807) is 0 Å². The maximum Gasteiger partial charge on any atom is 0.0811 e. The van der Waals surface area contributed by atoms with Gasteiger partial charge in [0, 0.05) is 5.41 Å². The first kappa shape index (κ1) is 12.7. The molecule has 1 aromatic rings. The zero-order valence-electron chi connectivity index (χ0n) is 10.1. The summed E-state index contributed by atoms with van der Waals surface area (Å²) in [7, 11) is 0. The van der Waals surface area contributed by atoms with Gasteiger partial charge in [-0.05, 0) is 12.0 Å². The first-order valence-electron chi connectivity index (χ1n) is 5.67. The fourth-order valence-electron chi connectivity index (χ4n) is 1.46. The fourth-order valence-corrected chi connectivity index (χ4v) is 1.46. The Labute approximate surface area is 98.1 Å². The summed E-state index contributed by atoms with van der Waals surface area (Å²) >= 11 is 0. The molecule has 0 saturated heterocycles. The van der Waals surface area contributed by atoms with E-state index in [2.05, 4.69) is 13.5 Å². The summed E-state index contributed by atoms with van der Waals surface area (Å²) in [5, 5.41) is 10.1. The Hall–Kier alpha value is -1.34. The van der Waals surface area contributed by atoms with Crippen LogP contribution in [0.4, 0.5) is 0 Å². The molecule has 1 aromatic carbocycles. The van der Waals surface area contributed by atoms with E-state index in [1.807, 2.05) is 55.5 Å². The first-order valence-corrected chi connectivity index (χ1v) is 5.67. The van der Waals surface area contributed by atoms with Crippen LogP contribution in [0.5, 0.6) is 0 Å². The molecule has 1 nitrogen and oxygen atoms in total. The van der Waals surface area contributed by atoms with Crippen LogP contribution in [0.1, 0.15) is 25.8 Å². The highest BCUT2D eigenvalue weighted by Crippen LogP contribution is 2.28. The summed E-state index contributed by atoms with van der Waals surface area (Å²) in [4.78, 5) is 0. The van der Waals surface area contributed by atoms with E-state index in [0.29, 0.717) is 0 Å². The number of aliphatic hydroxyl groups excluding tert-OH is 1. The molecule has 0 unspecified atom stereocenters. The van der Waals surface area contributed by atoms with Gasteiger partial charge in [-0.3, -0.25) is 0 Å². The molecule has 0 aliphatic carbocycles. The van der Waals surface area contributed by atoms with Gasteiger partial charge < -0.3 is 5.11 Å². The second kappa shape index (κ2) is 5.66. The number of hydrogen-bond acceptors (Lipinski definition) is 1. The monoisotopic (exact) mass is 216 g/mol. The van der Waals surface area contributed by atoms with Crippen LogP contribution in [0.2, 0.25) is 0 Å². The molecule has 16 heavy (non-hydrogen) atoms. The summed E-state index contributed by atoms with van der Waals surface area (Å²) in [5.41, 5.74) is 0.856. The topological polar surface area (TPSA) is 20.2 Å². The molecule has 1 rings (SSSR count). The van der Waals surface area contributed by atoms with E-state index in [-0.39, 0.29) is 5.41 Å². The van der Waals surface area contributed by atoms with Gasteiger partial charge in [0.15, 0.2) is 0 Å². The number of benzene rings is 1. The molecule has 0 spiro atoms. The summed E-state index contributed by atoms with van der Waals surface area (Å²) in [6.07, 6.45) is 5.99. The molecule has 0 heterocycles. The minimum absolute atomic E-state index is 0.245. The van der Waals surface area contributed by atoms with Gasteiger partial charge in [-0.1, -0.05) is 62.4 Å². The fraction of sp³-hybridized carbons (Fsp3) is 0.333. The van der Waals surface area contributed by atoms with E-state index in [4.69, 9.17) is 0 Å². The highest BCUT2D eigenvalue weighted by Gasteiger charge is 2.25. The van der Waals surface area contributed by atoms with E-state index < -0.39 is 6.10 Å². The molecule has 0 aliphatic heterocycles. The lowest BCUT2D eigenvalue weighted by atomic mass is 9.81. The maximum absolute atomic E-state index is 10.1. The largest absolute Gasteiger partial charge is 0.388 e. The van der Waals surface area contributed by atoms with Crippen LogP contribution < -0.4 is 0 Å². The van der Waals surface area contributed by atoms with Crippen LogP contribution in [-0.4, -0.2) is 11.2 Å². The third-order valence-electron chi connectivity index (χ3n) is 3.17. The molecular weight excluding hydrogens is 196 g/mol. The predicted molar refractivity (Wildman–Crippen MR) is 70.1 cm³/mol. The van der Waals surface area contributed by atoms with Crippen molar-refractivity contribution >= 4 is 6.08 Å². The van der Waals surface area contributed by atoms with Crippen molar-refractivity contribution in [3.05, 3.63) is 54.6 Å². The van der Waals surface area contributed by atoms with Crippen LogP contribution in [0.25, 0.3) is 6.08 Å². The SMILES string of the molecule is C=C[C@](C)(CC)[C@@H](O)/C=C/c1ccccc1. The second-order valence-corrected chi connectivity index (χ2v) is 4.28. The van der Waals surface area contributed by atoms with Crippen LogP contribution in [0.3, 0.4) is 0 Å². The lowest BCUT2D eigenvalue weighted by Gasteiger charge is -2.27. The Morgan fingerprint density at radius 2 is 2.00 bits per heavy atom. The Morgan fingerprint density at radius 3 is 2.50 bits per heavy atom.